The summed E-state index contributed by atoms with van der Waals surface area (Å²) in [5, 5.41) is 2.72. The molecule has 0 aromatic rings. The van der Waals surface area contributed by atoms with Crippen LogP contribution in [0.2, 0.25) is 0 Å². The molecule has 0 aromatic carbocycles. The second-order valence-corrected chi connectivity index (χ2v) is 8.64. The molecule has 0 saturated heterocycles. The van der Waals surface area contributed by atoms with Crippen molar-refractivity contribution in [3.8, 4) is 0 Å². The summed E-state index contributed by atoms with van der Waals surface area (Å²) < 4.78 is 30.8. The number of rotatable bonds is 5. The molecule has 114 valence electrons. The Morgan fingerprint density at radius 3 is 1.84 bits per heavy atom. The molecule has 19 heavy (non-hydrogen) atoms. The van der Waals surface area contributed by atoms with Crippen LogP contribution in [-0.4, -0.2) is 30.2 Å². The second-order valence-electron chi connectivity index (χ2n) is 7.19. The molecule has 5 nitrogen and oxygen atoms in total. The Bertz CT molecular complexity index is 418. The first-order valence-corrected chi connectivity index (χ1v) is 8.04. The van der Waals surface area contributed by atoms with Crippen LogP contribution in [0.25, 0.3) is 0 Å². The zero-order valence-corrected chi connectivity index (χ0v) is 13.8. The van der Waals surface area contributed by atoms with Gasteiger partial charge in [-0.25, -0.2) is 0 Å². The molecule has 1 atom stereocenters. The number of carbonyl (C=O) groups is 1. The van der Waals surface area contributed by atoms with E-state index in [1.54, 1.807) is 13.8 Å². The Morgan fingerprint density at radius 1 is 1.16 bits per heavy atom. The van der Waals surface area contributed by atoms with Gasteiger partial charge in [-0.05, 0) is 25.2 Å². The highest BCUT2D eigenvalue weighted by molar-refractivity contribution is 7.85. The summed E-state index contributed by atoms with van der Waals surface area (Å²) in [5.74, 6) is -0.772. The van der Waals surface area contributed by atoms with Crippen LogP contribution < -0.4 is 5.32 Å². The monoisotopic (exact) mass is 293 g/mol. The van der Waals surface area contributed by atoms with Gasteiger partial charge in [0.25, 0.3) is 10.1 Å². The normalized spacial score (nSPS) is 15.4. The van der Waals surface area contributed by atoms with Crippen molar-refractivity contribution in [3.05, 3.63) is 0 Å². The quantitative estimate of drug-likeness (QED) is 0.760. The molecule has 0 bridgehead atoms. The van der Waals surface area contributed by atoms with Crippen LogP contribution in [0.1, 0.15) is 48.5 Å². The highest BCUT2D eigenvalue weighted by Gasteiger charge is 2.37. The predicted octanol–water partition coefficient (Wildman–Crippen LogP) is 2.09. The van der Waals surface area contributed by atoms with Gasteiger partial charge in [0, 0.05) is 5.92 Å². The molecule has 0 saturated carbocycles. The third kappa shape index (κ3) is 6.92. The molecule has 0 heterocycles. The van der Waals surface area contributed by atoms with Crippen LogP contribution in [0.4, 0.5) is 0 Å². The van der Waals surface area contributed by atoms with Crippen molar-refractivity contribution in [2.75, 3.05) is 5.75 Å². The van der Waals surface area contributed by atoms with E-state index in [2.05, 4.69) is 5.32 Å². The third-order valence-electron chi connectivity index (χ3n) is 2.89. The van der Waals surface area contributed by atoms with E-state index in [0.717, 1.165) is 0 Å². The minimum atomic E-state index is -4.12. The average Bonchev–Trinajstić information content (AvgIpc) is 1.90. The lowest BCUT2D eigenvalue weighted by atomic mass is 9.73. The number of hydrogen-bond acceptors (Lipinski definition) is 3. The summed E-state index contributed by atoms with van der Waals surface area (Å²) in [5.41, 5.74) is -1.21. The van der Waals surface area contributed by atoms with Crippen molar-refractivity contribution in [1.29, 1.82) is 0 Å². The summed E-state index contributed by atoms with van der Waals surface area (Å²) in [6, 6.07) is 0. The maximum absolute atomic E-state index is 12.3. The molecule has 6 heteroatoms. The first-order valence-electron chi connectivity index (χ1n) is 6.43. The molecule has 0 radical (unpaired) electrons. The fourth-order valence-electron chi connectivity index (χ4n) is 2.60. The fourth-order valence-corrected chi connectivity index (χ4v) is 3.58. The van der Waals surface area contributed by atoms with Gasteiger partial charge in [0.2, 0.25) is 5.91 Å². The minimum Gasteiger partial charge on any atom is -0.350 e. The zero-order chi connectivity index (χ0) is 15.6. The Morgan fingerprint density at radius 2 is 1.58 bits per heavy atom. The maximum atomic E-state index is 12.3. The summed E-state index contributed by atoms with van der Waals surface area (Å²) in [6.45, 7) is 13.0. The van der Waals surface area contributed by atoms with Crippen molar-refractivity contribution < 1.29 is 17.8 Å². The molecule has 0 aliphatic rings. The van der Waals surface area contributed by atoms with E-state index in [1.807, 2.05) is 34.6 Å². The van der Waals surface area contributed by atoms with Crippen LogP contribution >= 0.6 is 0 Å². The molecule has 1 unspecified atom stereocenters. The number of amides is 1. The standard InChI is InChI=1S/C13H27NO4S/c1-9(2)10(12(3,4)5)11(15)14-13(6,7)8-19(16,17)18/h9-10H,8H2,1-7H3,(H,14,15)(H,16,17,18). The van der Waals surface area contributed by atoms with Gasteiger partial charge in [-0.2, -0.15) is 8.42 Å². The molecule has 0 spiro atoms. The van der Waals surface area contributed by atoms with Gasteiger partial charge >= 0.3 is 0 Å². The van der Waals surface area contributed by atoms with Gasteiger partial charge in [0.15, 0.2) is 0 Å². The first-order chi connectivity index (χ1) is 8.16. The van der Waals surface area contributed by atoms with E-state index in [4.69, 9.17) is 4.55 Å². The first kappa shape index (κ1) is 18.4. The highest BCUT2D eigenvalue weighted by Crippen LogP contribution is 2.32. The van der Waals surface area contributed by atoms with Crippen LogP contribution in [0, 0.1) is 17.3 Å². The molecule has 0 aromatic heterocycles. The van der Waals surface area contributed by atoms with Gasteiger partial charge in [-0.15, -0.1) is 0 Å². The largest absolute Gasteiger partial charge is 0.350 e. The lowest BCUT2D eigenvalue weighted by molar-refractivity contribution is -0.131. The molecule has 0 aliphatic carbocycles. The highest BCUT2D eigenvalue weighted by atomic mass is 32.2. The van der Waals surface area contributed by atoms with Crippen LogP contribution in [-0.2, 0) is 14.9 Å². The Hall–Kier alpha value is -0.620. The van der Waals surface area contributed by atoms with Gasteiger partial charge in [-0.3, -0.25) is 9.35 Å². The van der Waals surface area contributed by atoms with Crippen molar-refractivity contribution in [3.63, 3.8) is 0 Å². The second kappa shape index (κ2) is 5.79. The lowest BCUT2D eigenvalue weighted by Gasteiger charge is -2.36. The van der Waals surface area contributed by atoms with E-state index in [9.17, 15) is 13.2 Å². The van der Waals surface area contributed by atoms with Crippen LogP contribution in [0.3, 0.4) is 0 Å². The van der Waals surface area contributed by atoms with E-state index < -0.39 is 21.4 Å². The Kier molecular flexibility index (Phi) is 5.60. The summed E-state index contributed by atoms with van der Waals surface area (Å²) in [4.78, 5) is 12.3. The summed E-state index contributed by atoms with van der Waals surface area (Å²) >= 11 is 0. The van der Waals surface area contributed by atoms with Crippen LogP contribution in [0.15, 0.2) is 0 Å². The van der Waals surface area contributed by atoms with E-state index >= 15 is 0 Å². The Balaban J connectivity index is 5.03. The number of carbonyl (C=O) groups excluding carboxylic acids is 1. The van der Waals surface area contributed by atoms with Gasteiger partial charge in [0.05, 0.1) is 11.3 Å². The van der Waals surface area contributed by atoms with Crippen molar-refractivity contribution in [2.45, 2.75) is 54.0 Å². The van der Waals surface area contributed by atoms with Crippen LogP contribution in [0.5, 0.6) is 0 Å². The number of nitrogens with one attached hydrogen (secondary N) is 1. The van der Waals surface area contributed by atoms with Gasteiger partial charge < -0.3 is 5.32 Å². The van der Waals surface area contributed by atoms with Gasteiger partial charge in [0.1, 0.15) is 0 Å². The molecule has 0 rings (SSSR count). The van der Waals surface area contributed by atoms with Crippen molar-refractivity contribution in [1.82, 2.24) is 5.32 Å². The van der Waals surface area contributed by atoms with E-state index in [1.165, 1.54) is 0 Å². The SMILES string of the molecule is CC(C)C(C(=O)NC(C)(C)CS(=O)(=O)O)C(C)(C)C. The minimum absolute atomic E-state index is 0.140. The third-order valence-corrected chi connectivity index (χ3v) is 3.97. The van der Waals surface area contributed by atoms with Crippen molar-refractivity contribution in [2.24, 2.45) is 17.3 Å². The zero-order valence-electron chi connectivity index (χ0n) is 12.9. The maximum Gasteiger partial charge on any atom is 0.267 e. The molecule has 2 N–H and O–H groups in total. The van der Waals surface area contributed by atoms with E-state index in [-0.39, 0.29) is 23.2 Å². The molecule has 0 aliphatic heterocycles. The molecular weight excluding hydrogens is 266 g/mol. The number of hydrogen-bond donors (Lipinski definition) is 2. The fraction of sp³-hybridized carbons (Fsp3) is 0.923. The average molecular weight is 293 g/mol. The van der Waals surface area contributed by atoms with Crippen molar-refractivity contribution >= 4 is 16.0 Å². The Labute approximate surface area is 116 Å². The summed E-state index contributed by atoms with van der Waals surface area (Å²) in [6.07, 6.45) is 0. The smallest absolute Gasteiger partial charge is 0.267 e. The molecule has 1 amide bonds. The molecule has 0 fully saturated rings. The van der Waals surface area contributed by atoms with Gasteiger partial charge in [-0.1, -0.05) is 34.6 Å². The molecular formula is C13H27NO4S. The topological polar surface area (TPSA) is 83.5 Å². The lowest BCUT2D eigenvalue weighted by Crippen LogP contribution is -2.53. The van der Waals surface area contributed by atoms with E-state index in [0.29, 0.717) is 0 Å². The summed E-state index contributed by atoms with van der Waals surface area (Å²) in [7, 11) is -4.12. The predicted molar refractivity (Wildman–Crippen MR) is 76.4 cm³/mol.